The minimum Gasteiger partial charge on any atom is -0.444 e. The summed E-state index contributed by atoms with van der Waals surface area (Å²) < 4.78 is 22.6. The fourth-order valence-corrected chi connectivity index (χ4v) is 10.9. The SMILES string of the molecule is CCCCCCCCCCCCCCCCCCN(CCCCCCCCCCCCCCCCCC)C(=O)CCCCCNC(=O)CN(CCCN(CCCCN(CCCNC(=O)OC(C)(C)C)C(=O)OC(C)(C)C)C(=O)OC(C)(C)C)C(=O)OC(C)(C)C. The molecule has 0 aromatic rings. The van der Waals surface area contributed by atoms with Crippen molar-refractivity contribution >= 4 is 36.2 Å². The highest BCUT2D eigenvalue weighted by atomic mass is 16.6. The Kier molecular flexibility index (Phi) is 51.0. The summed E-state index contributed by atoms with van der Waals surface area (Å²) >= 11 is 0. The molecule has 6 amide bonds. The van der Waals surface area contributed by atoms with Crippen LogP contribution in [0.25, 0.3) is 0 Å². The highest BCUT2D eigenvalue weighted by Crippen LogP contribution is 2.20. The molecule has 0 fully saturated rings. The molecule has 0 radical (unpaired) electrons. The first-order valence-corrected chi connectivity index (χ1v) is 37.1. The molecule has 16 nitrogen and oxygen atoms in total. The lowest BCUT2D eigenvalue weighted by Crippen LogP contribution is -2.45. The van der Waals surface area contributed by atoms with Gasteiger partial charge in [0.1, 0.15) is 28.9 Å². The summed E-state index contributed by atoms with van der Waals surface area (Å²) in [7, 11) is 0. The van der Waals surface area contributed by atoms with Gasteiger partial charge in [-0.1, -0.05) is 213 Å². The van der Waals surface area contributed by atoms with Crippen LogP contribution in [0.3, 0.4) is 0 Å². The van der Waals surface area contributed by atoms with E-state index in [9.17, 15) is 28.8 Å². The minimum absolute atomic E-state index is 0.156. The number of carbonyl (C=O) groups excluding carboxylic acids is 6. The van der Waals surface area contributed by atoms with Gasteiger partial charge in [0.2, 0.25) is 11.8 Å². The Morgan fingerprint density at radius 2 is 0.544 bits per heavy atom. The molecule has 2 N–H and O–H groups in total. The van der Waals surface area contributed by atoms with Crippen molar-refractivity contribution in [3.8, 4) is 0 Å². The van der Waals surface area contributed by atoms with Crippen LogP contribution in [-0.2, 0) is 28.5 Å². The Bertz CT molecular complexity index is 1770. The third-order valence-electron chi connectivity index (χ3n) is 15.8. The molecule has 90 heavy (non-hydrogen) atoms. The van der Waals surface area contributed by atoms with Crippen molar-refractivity contribution < 1.29 is 47.7 Å². The second-order valence-electron chi connectivity index (χ2n) is 29.8. The quantitative estimate of drug-likeness (QED) is 0.0440. The molecule has 0 saturated carbocycles. The molecule has 0 bridgehead atoms. The van der Waals surface area contributed by atoms with Crippen molar-refractivity contribution in [1.29, 1.82) is 0 Å². The Morgan fingerprint density at radius 3 is 0.900 bits per heavy atom. The van der Waals surface area contributed by atoms with Gasteiger partial charge in [0, 0.05) is 65.3 Å². The first kappa shape index (κ1) is 86.0. The standard InChI is InChI=1S/C74H144N6O10/c1-15-17-19-21-23-25-27-29-31-33-35-37-39-41-43-48-57-77(58-49-44-42-40-38-36-34-32-30-28-26-24-22-20-18-16-2)66(82)54-46-45-47-55-75-65(81)64-80(70(86)90-74(12,13)14)63-53-62-79(69(85)89-73(9,10)11)60-51-50-59-78(68(84)88-72(6,7)8)61-52-56-76-67(83)87-71(3,4)5/h15-64H2,1-14H3,(H,75,81)(H,76,83). The average Bonchev–Trinajstić information content (AvgIpc) is 3.07. The lowest BCUT2D eigenvalue weighted by molar-refractivity contribution is -0.131. The van der Waals surface area contributed by atoms with Gasteiger partial charge in [-0.3, -0.25) is 14.5 Å². The summed E-state index contributed by atoms with van der Waals surface area (Å²) in [6, 6.07) is 0. The molecular formula is C74H144N6O10. The smallest absolute Gasteiger partial charge is 0.410 e. The van der Waals surface area contributed by atoms with E-state index in [0.29, 0.717) is 64.8 Å². The number of carbonyl (C=O) groups is 6. The van der Waals surface area contributed by atoms with Crippen molar-refractivity contribution in [3.05, 3.63) is 0 Å². The maximum Gasteiger partial charge on any atom is 0.410 e. The minimum atomic E-state index is -0.791. The van der Waals surface area contributed by atoms with E-state index in [-0.39, 0.29) is 31.4 Å². The second-order valence-corrected chi connectivity index (χ2v) is 29.8. The van der Waals surface area contributed by atoms with Crippen LogP contribution >= 0.6 is 0 Å². The topological polar surface area (TPSA) is 176 Å². The largest absolute Gasteiger partial charge is 0.444 e. The van der Waals surface area contributed by atoms with Crippen molar-refractivity contribution in [3.63, 3.8) is 0 Å². The zero-order valence-corrected chi connectivity index (χ0v) is 61.2. The normalized spacial score (nSPS) is 11.9. The third-order valence-corrected chi connectivity index (χ3v) is 15.8. The zero-order chi connectivity index (χ0) is 67.4. The van der Waals surface area contributed by atoms with Gasteiger partial charge in [-0.05, 0) is 134 Å². The summed E-state index contributed by atoms with van der Waals surface area (Å²) in [6.45, 7) is 29.8. The average molecular weight is 1280 g/mol. The molecular weight excluding hydrogens is 1130 g/mol. The molecule has 0 rings (SSSR count). The van der Waals surface area contributed by atoms with E-state index in [1.807, 2.05) is 41.5 Å². The van der Waals surface area contributed by atoms with Crippen LogP contribution in [0.4, 0.5) is 19.2 Å². The van der Waals surface area contributed by atoms with E-state index >= 15 is 0 Å². The van der Waals surface area contributed by atoms with Crippen LogP contribution in [0.2, 0.25) is 0 Å². The molecule has 0 spiro atoms. The number of ether oxygens (including phenoxy) is 4. The number of hydrogen-bond acceptors (Lipinski definition) is 10. The number of amides is 6. The molecule has 0 aliphatic heterocycles. The maximum absolute atomic E-state index is 13.8. The Labute approximate surface area is 553 Å². The van der Waals surface area contributed by atoms with Crippen LogP contribution < -0.4 is 10.6 Å². The lowest BCUT2D eigenvalue weighted by atomic mass is 10.0. The first-order valence-electron chi connectivity index (χ1n) is 37.1. The summed E-state index contributed by atoms with van der Waals surface area (Å²) in [4.78, 5) is 86.5. The summed E-state index contributed by atoms with van der Waals surface area (Å²) in [5, 5.41) is 5.74. The van der Waals surface area contributed by atoms with E-state index in [4.69, 9.17) is 18.9 Å². The van der Waals surface area contributed by atoms with Crippen LogP contribution in [-0.4, -0.2) is 144 Å². The highest BCUT2D eigenvalue weighted by Gasteiger charge is 2.27. The number of rotatable bonds is 55. The fourth-order valence-electron chi connectivity index (χ4n) is 10.9. The van der Waals surface area contributed by atoms with Gasteiger partial charge in [0.15, 0.2) is 0 Å². The number of alkyl carbamates (subject to hydrolysis) is 1. The molecule has 16 heteroatoms. The Balaban J connectivity index is 5.35. The molecule has 0 unspecified atom stereocenters. The molecule has 0 heterocycles. The number of hydrogen-bond donors (Lipinski definition) is 2. The molecule has 0 atom stereocenters. The van der Waals surface area contributed by atoms with Crippen LogP contribution in [0.15, 0.2) is 0 Å². The highest BCUT2D eigenvalue weighted by molar-refractivity contribution is 5.82. The van der Waals surface area contributed by atoms with Crippen molar-refractivity contribution in [2.24, 2.45) is 0 Å². The molecule has 0 saturated heterocycles. The zero-order valence-electron chi connectivity index (χ0n) is 61.2. The van der Waals surface area contributed by atoms with E-state index in [0.717, 1.165) is 45.2 Å². The summed E-state index contributed by atoms with van der Waals surface area (Å²) in [5.74, 6) is -0.0536. The maximum atomic E-state index is 13.8. The van der Waals surface area contributed by atoms with E-state index in [1.165, 1.54) is 198 Å². The summed E-state index contributed by atoms with van der Waals surface area (Å²) in [6.07, 6.45) is 45.3. The second kappa shape index (κ2) is 53.4. The van der Waals surface area contributed by atoms with Gasteiger partial charge in [-0.2, -0.15) is 0 Å². The van der Waals surface area contributed by atoms with Gasteiger partial charge >= 0.3 is 24.4 Å². The summed E-state index contributed by atoms with van der Waals surface area (Å²) in [5.41, 5.74) is -2.87. The predicted octanol–water partition coefficient (Wildman–Crippen LogP) is 19.8. The Hall–Kier alpha value is -3.98. The monoisotopic (exact) mass is 1280 g/mol. The number of unbranched alkanes of at least 4 members (excludes halogenated alkanes) is 33. The first-order chi connectivity index (χ1) is 42.7. The van der Waals surface area contributed by atoms with Gasteiger partial charge in [0.05, 0.1) is 0 Å². The van der Waals surface area contributed by atoms with Gasteiger partial charge in [-0.25, -0.2) is 19.2 Å². The third kappa shape index (κ3) is 56.7. The van der Waals surface area contributed by atoms with Crippen LogP contribution in [0, 0.1) is 0 Å². The predicted molar refractivity (Wildman–Crippen MR) is 373 cm³/mol. The van der Waals surface area contributed by atoms with E-state index < -0.39 is 46.8 Å². The molecule has 0 aromatic carbocycles. The molecule has 0 aliphatic rings. The van der Waals surface area contributed by atoms with Gasteiger partial charge < -0.3 is 44.3 Å². The van der Waals surface area contributed by atoms with E-state index in [2.05, 4.69) is 29.4 Å². The number of nitrogens with zero attached hydrogens (tertiary/aromatic N) is 4. The van der Waals surface area contributed by atoms with Crippen LogP contribution in [0.5, 0.6) is 0 Å². The van der Waals surface area contributed by atoms with Crippen molar-refractivity contribution in [2.45, 2.75) is 376 Å². The van der Waals surface area contributed by atoms with Crippen molar-refractivity contribution in [2.75, 3.05) is 65.4 Å². The van der Waals surface area contributed by atoms with Crippen molar-refractivity contribution in [1.82, 2.24) is 30.2 Å². The van der Waals surface area contributed by atoms with Gasteiger partial charge in [-0.15, -0.1) is 0 Å². The lowest BCUT2D eigenvalue weighted by Gasteiger charge is -2.30. The van der Waals surface area contributed by atoms with Gasteiger partial charge in [0.25, 0.3) is 0 Å². The number of nitrogens with one attached hydrogen (secondary N) is 2. The molecule has 0 aliphatic carbocycles. The molecule has 530 valence electrons. The fraction of sp³-hybridized carbons (Fsp3) is 0.919. The van der Waals surface area contributed by atoms with Crippen LogP contribution in [0.1, 0.15) is 354 Å². The molecule has 0 aromatic heterocycles. The van der Waals surface area contributed by atoms with E-state index in [1.54, 1.807) is 51.3 Å². The Morgan fingerprint density at radius 1 is 0.278 bits per heavy atom.